The number of para-hydroxylation sites is 1. The summed E-state index contributed by atoms with van der Waals surface area (Å²) in [5.74, 6) is -0.949. The number of ether oxygens (including phenoxy) is 1. The van der Waals surface area contributed by atoms with Gasteiger partial charge in [-0.1, -0.05) is 18.2 Å². The second kappa shape index (κ2) is 5.37. The van der Waals surface area contributed by atoms with E-state index in [1.165, 1.54) is 4.90 Å². The number of carboxylic acid groups (broad SMARTS) is 1. The third-order valence-corrected chi connectivity index (χ3v) is 4.08. The van der Waals surface area contributed by atoms with E-state index in [2.05, 4.69) is 0 Å². The van der Waals surface area contributed by atoms with Crippen LogP contribution in [0.4, 0.5) is 0 Å². The van der Waals surface area contributed by atoms with Gasteiger partial charge in [-0.05, 0) is 18.1 Å². The number of benzene rings is 1. The molecular formula is C15H17NO5. The number of β-amino-alcohol motifs (C(OH)–C–C–N with tert-alkyl or cyclic N) is 1. The average Bonchev–Trinajstić information content (AvgIpc) is 2.88. The SMILES string of the molecule is O=C(O)C1CC(O)CN1C(=O)C1COc2ccccc2C1. The molecular weight excluding hydrogens is 274 g/mol. The number of aliphatic carboxylic acids is 1. The maximum Gasteiger partial charge on any atom is 0.326 e. The van der Waals surface area contributed by atoms with Crippen LogP contribution in [0.3, 0.4) is 0 Å². The number of hydrogen-bond donors (Lipinski definition) is 2. The molecule has 2 aliphatic heterocycles. The molecule has 0 bridgehead atoms. The van der Waals surface area contributed by atoms with Crippen LogP contribution in [-0.4, -0.2) is 52.3 Å². The number of aliphatic hydroxyl groups excluding tert-OH is 1. The van der Waals surface area contributed by atoms with Gasteiger partial charge in [0.2, 0.25) is 5.91 Å². The van der Waals surface area contributed by atoms with E-state index >= 15 is 0 Å². The van der Waals surface area contributed by atoms with Gasteiger partial charge in [-0.25, -0.2) is 4.79 Å². The Morgan fingerprint density at radius 2 is 2.05 bits per heavy atom. The molecule has 21 heavy (non-hydrogen) atoms. The molecule has 0 aliphatic carbocycles. The summed E-state index contributed by atoms with van der Waals surface area (Å²) in [4.78, 5) is 25.0. The van der Waals surface area contributed by atoms with Gasteiger partial charge in [-0.2, -0.15) is 0 Å². The van der Waals surface area contributed by atoms with Crippen molar-refractivity contribution in [3.05, 3.63) is 29.8 Å². The smallest absolute Gasteiger partial charge is 0.326 e. The van der Waals surface area contributed by atoms with E-state index in [1.807, 2.05) is 24.3 Å². The van der Waals surface area contributed by atoms with Crippen LogP contribution < -0.4 is 4.74 Å². The maximum atomic E-state index is 12.5. The Bertz CT molecular complexity index is 573. The zero-order valence-electron chi connectivity index (χ0n) is 11.4. The summed E-state index contributed by atoms with van der Waals surface area (Å²) in [7, 11) is 0. The number of hydrogen-bond acceptors (Lipinski definition) is 4. The molecule has 3 atom stereocenters. The summed E-state index contributed by atoms with van der Waals surface area (Å²) in [6.07, 6.45) is -0.147. The monoisotopic (exact) mass is 291 g/mol. The van der Waals surface area contributed by atoms with E-state index < -0.39 is 24.0 Å². The molecule has 2 N–H and O–H groups in total. The van der Waals surface area contributed by atoms with Gasteiger partial charge in [0.1, 0.15) is 18.4 Å². The molecule has 112 valence electrons. The van der Waals surface area contributed by atoms with Gasteiger partial charge in [0.05, 0.1) is 12.0 Å². The minimum Gasteiger partial charge on any atom is -0.492 e. The van der Waals surface area contributed by atoms with E-state index in [9.17, 15) is 19.8 Å². The number of carbonyl (C=O) groups excluding carboxylic acids is 1. The lowest BCUT2D eigenvalue weighted by atomic mass is 9.95. The Labute approximate surface area is 121 Å². The zero-order chi connectivity index (χ0) is 15.0. The van der Waals surface area contributed by atoms with Crippen molar-refractivity contribution in [3.8, 4) is 5.75 Å². The first-order chi connectivity index (χ1) is 10.1. The number of carboxylic acids is 1. The van der Waals surface area contributed by atoms with Crippen LogP contribution in [0, 0.1) is 5.92 Å². The van der Waals surface area contributed by atoms with Crippen molar-refractivity contribution in [3.63, 3.8) is 0 Å². The summed E-state index contributed by atoms with van der Waals surface area (Å²) < 4.78 is 5.58. The Morgan fingerprint density at radius 1 is 1.29 bits per heavy atom. The molecule has 3 unspecified atom stereocenters. The molecule has 0 aromatic heterocycles. The van der Waals surface area contributed by atoms with Crippen molar-refractivity contribution in [2.75, 3.05) is 13.2 Å². The lowest BCUT2D eigenvalue weighted by Crippen LogP contribution is -2.46. The quantitative estimate of drug-likeness (QED) is 0.817. The van der Waals surface area contributed by atoms with Gasteiger partial charge >= 0.3 is 5.97 Å². The number of rotatable bonds is 2. The second-order valence-electron chi connectivity index (χ2n) is 5.55. The highest BCUT2D eigenvalue weighted by Crippen LogP contribution is 2.29. The number of amides is 1. The van der Waals surface area contributed by atoms with Gasteiger partial charge in [-0.3, -0.25) is 4.79 Å². The summed E-state index contributed by atoms with van der Waals surface area (Å²) >= 11 is 0. The van der Waals surface area contributed by atoms with Gasteiger partial charge in [0.25, 0.3) is 0 Å². The van der Waals surface area contributed by atoms with Gasteiger partial charge in [0.15, 0.2) is 0 Å². The molecule has 0 saturated carbocycles. The second-order valence-corrected chi connectivity index (χ2v) is 5.55. The van der Waals surface area contributed by atoms with E-state index in [-0.39, 0.29) is 25.5 Å². The molecule has 6 nitrogen and oxygen atoms in total. The van der Waals surface area contributed by atoms with E-state index in [0.717, 1.165) is 11.3 Å². The van der Waals surface area contributed by atoms with Gasteiger partial charge < -0.3 is 19.8 Å². The highest BCUT2D eigenvalue weighted by molar-refractivity contribution is 5.86. The summed E-state index contributed by atoms with van der Waals surface area (Å²) in [5.41, 5.74) is 0.953. The highest BCUT2D eigenvalue weighted by atomic mass is 16.5. The molecule has 6 heteroatoms. The number of carbonyl (C=O) groups is 2. The molecule has 1 aromatic rings. The fourth-order valence-corrected chi connectivity index (χ4v) is 3.01. The van der Waals surface area contributed by atoms with E-state index in [0.29, 0.717) is 6.42 Å². The maximum absolute atomic E-state index is 12.5. The Kier molecular flexibility index (Phi) is 3.55. The first kappa shape index (κ1) is 13.9. The number of nitrogens with zero attached hydrogens (tertiary/aromatic N) is 1. The highest BCUT2D eigenvalue weighted by Gasteiger charge is 2.42. The topological polar surface area (TPSA) is 87.1 Å². The van der Waals surface area contributed by atoms with Crippen molar-refractivity contribution in [2.45, 2.75) is 25.0 Å². The van der Waals surface area contributed by atoms with Crippen molar-refractivity contribution in [1.29, 1.82) is 0 Å². The normalized spacial score (nSPS) is 27.9. The van der Waals surface area contributed by atoms with Crippen LogP contribution in [-0.2, 0) is 16.0 Å². The minimum atomic E-state index is -1.07. The molecule has 0 radical (unpaired) electrons. The van der Waals surface area contributed by atoms with Crippen molar-refractivity contribution < 1.29 is 24.5 Å². The van der Waals surface area contributed by atoms with Crippen molar-refractivity contribution in [2.24, 2.45) is 5.92 Å². The van der Waals surface area contributed by atoms with Crippen LogP contribution in [0.25, 0.3) is 0 Å². The lowest BCUT2D eigenvalue weighted by molar-refractivity contribution is -0.150. The number of fused-ring (bicyclic) bond motifs is 1. The Morgan fingerprint density at radius 3 is 2.81 bits per heavy atom. The van der Waals surface area contributed by atoms with Crippen molar-refractivity contribution >= 4 is 11.9 Å². The summed E-state index contributed by atoms with van der Waals surface area (Å²) in [5, 5.41) is 18.8. The Hall–Kier alpha value is -2.08. The largest absolute Gasteiger partial charge is 0.492 e. The fourth-order valence-electron chi connectivity index (χ4n) is 3.01. The molecule has 3 rings (SSSR count). The van der Waals surface area contributed by atoms with Gasteiger partial charge in [0, 0.05) is 13.0 Å². The molecule has 2 aliphatic rings. The number of aliphatic hydroxyl groups is 1. The predicted octanol–water partition coefficient (Wildman–Crippen LogP) is 0.284. The Balaban J connectivity index is 1.76. The first-order valence-corrected chi connectivity index (χ1v) is 6.98. The summed E-state index contributed by atoms with van der Waals surface area (Å²) in [6.45, 7) is 0.322. The van der Waals surface area contributed by atoms with Crippen LogP contribution in [0.2, 0.25) is 0 Å². The zero-order valence-corrected chi connectivity index (χ0v) is 11.4. The number of likely N-dealkylation sites (tertiary alicyclic amines) is 1. The predicted molar refractivity (Wildman–Crippen MR) is 72.9 cm³/mol. The lowest BCUT2D eigenvalue weighted by Gasteiger charge is -2.29. The minimum absolute atomic E-state index is 0.0773. The van der Waals surface area contributed by atoms with E-state index in [4.69, 9.17) is 4.74 Å². The average molecular weight is 291 g/mol. The molecule has 0 spiro atoms. The van der Waals surface area contributed by atoms with E-state index in [1.54, 1.807) is 0 Å². The van der Waals surface area contributed by atoms with Crippen molar-refractivity contribution in [1.82, 2.24) is 4.90 Å². The van der Waals surface area contributed by atoms with Crippen LogP contribution in [0.1, 0.15) is 12.0 Å². The van der Waals surface area contributed by atoms with Gasteiger partial charge in [-0.15, -0.1) is 0 Å². The van der Waals surface area contributed by atoms with Crippen LogP contribution in [0.15, 0.2) is 24.3 Å². The van der Waals surface area contributed by atoms with Crippen LogP contribution >= 0.6 is 0 Å². The molecule has 1 aromatic carbocycles. The molecule has 1 fully saturated rings. The molecule has 1 saturated heterocycles. The first-order valence-electron chi connectivity index (χ1n) is 6.98. The molecule has 1 amide bonds. The summed E-state index contributed by atoms with van der Waals surface area (Å²) in [6, 6.07) is 6.58. The fraction of sp³-hybridized carbons (Fsp3) is 0.467. The standard InChI is InChI=1S/C15H17NO5/c17-11-6-12(15(19)20)16(7-11)14(18)10-5-9-3-1-2-4-13(9)21-8-10/h1-4,10-12,17H,5-8H2,(H,19,20). The molecule has 2 heterocycles. The van der Waals surface area contributed by atoms with Crippen LogP contribution in [0.5, 0.6) is 5.75 Å². The third-order valence-electron chi connectivity index (χ3n) is 4.08. The third kappa shape index (κ3) is 2.58.